The van der Waals surface area contributed by atoms with Crippen LogP contribution in [-0.4, -0.2) is 36.1 Å². The highest BCUT2D eigenvalue weighted by Gasteiger charge is 2.00. The van der Waals surface area contributed by atoms with Gasteiger partial charge in [-0.3, -0.25) is 4.79 Å². The molecule has 3 heteroatoms. The van der Waals surface area contributed by atoms with E-state index in [1.165, 1.54) is 219 Å². The first kappa shape index (κ1) is 45.6. The Hall–Kier alpha value is -0.570. The molecular formula is C41H85NO2. The van der Waals surface area contributed by atoms with Crippen LogP contribution in [0.3, 0.4) is 0 Å². The summed E-state index contributed by atoms with van der Waals surface area (Å²) in [6, 6.07) is 0. The van der Waals surface area contributed by atoms with E-state index < -0.39 is 5.97 Å². The van der Waals surface area contributed by atoms with Gasteiger partial charge in [0.15, 0.2) is 0 Å². The van der Waals surface area contributed by atoms with Crippen molar-refractivity contribution in [2.24, 2.45) is 0 Å². The molecule has 0 aliphatic heterocycles. The van der Waals surface area contributed by atoms with Gasteiger partial charge in [-0.25, -0.2) is 0 Å². The Kier molecular flexibility index (Phi) is 43.9. The molecule has 0 amide bonds. The van der Waals surface area contributed by atoms with Crippen molar-refractivity contribution in [3.05, 3.63) is 0 Å². The smallest absolute Gasteiger partial charge is 0.303 e. The van der Waals surface area contributed by atoms with E-state index in [-0.39, 0.29) is 0 Å². The molecule has 3 nitrogen and oxygen atoms in total. The SMILES string of the molecule is CCCC(=O)O.CCCCCCCCCCCCCCCCCCN(C)CCCCCCCCCCCCCCCCCC. The average Bonchev–Trinajstić information content (AvgIpc) is 3.01. The minimum absolute atomic E-state index is 0.292. The molecule has 0 bridgehead atoms. The summed E-state index contributed by atoms with van der Waals surface area (Å²) in [4.78, 5) is 12.2. The Balaban J connectivity index is 0. The van der Waals surface area contributed by atoms with Crippen molar-refractivity contribution in [2.45, 2.75) is 239 Å². The molecule has 266 valence electrons. The van der Waals surface area contributed by atoms with Crippen LogP contribution in [0.25, 0.3) is 0 Å². The number of carboxylic acids is 1. The van der Waals surface area contributed by atoms with Gasteiger partial charge in [0, 0.05) is 6.42 Å². The Bertz CT molecular complexity index is 473. The van der Waals surface area contributed by atoms with E-state index in [2.05, 4.69) is 25.8 Å². The molecule has 1 N–H and O–H groups in total. The van der Waals surface area contributed by atoms with Crippen LogP contribution in [0.4, 0.5) is 0 Å². The monoisotopic (exact) mass is 624 g/mol. The summed E-state index contributed by atoms with van der Waals surface area (Å²) in [7, 11) is 2.34. The fourth-order valence-electron chi connectivity index (χ4n) is 6.19. The summed E-state index contributed by atoms with van der Waals surface area (Å²) >= 11 is 0. The molecular weight excluding hydrogens is 538 g/mol. The van der Waals surface area contributed by atoms with Crippen molar-refractivity contribution >= 4 is 5.97 Å². The molecule has 0 fully saturated rings. The molecule has 0 heterocycles. The van der Waals surface area contributed by atoms with E-state index in [1.807, 2.05) is 6.92 Å². The second-order valence-corrected chi connectivity index (χ2v) is 14.1. The van der Waals surface area contributed by atoms with Gasteiger partial charge >= 0.3 is 5.97 Å². The van der Waals surface area contributed by atoms with Gasteiger partial charge in [-0.15, -0.1) is 0 Å². The lowest BCUT2D eigenvalue weighted by Gasteiger charge is -2.16. The Labute approximate surface area is 279 Å². The minimum Gasteiger partial charge on any atom is -0.481 e. The number of carbonyl (C=O) groups is 1. The van der Waals surface area contributed by atoms with E-state index in [0.29, 0.717) is 6.42 Å². The molecule has 0 aromatic rings. The first-order valence-electron chi connectivity index (χ1n) is 20.5. The molecule has 0 aromatic carbocycles. The van der Waals surface area contributed by atoms with Gasteiger partial charge in [0.05, 0.1) is 0 Å². The van der Waals surface area contributed by atoms with Crippen LogP contribution in [0, 0.1) is 0 Å². The zero-order valence-electron chi connectivity index (χ0n) is 31.3. The lowest BCUT2D eigenvalue weighted by molar-refractivity contribution is -0.137. The van der Waals surface area contributed by atoms with Gasteiger partial charge in [-0.1, -0.05) is 213 Å². The molecule has 0 rings (SSSR count). The molecule has 0 atom stereocenters. The van der Waals surface area contributed by atoms with E-state index >= 15 is 0 Å². The van der Waals surface area contributed by atoms with Crippen molar-refractivity contribution in [1.29, 1.82) is 0 Å². The molecule has 0 aromatic heterocycles. The van der Waals surface area contributed by atoms with Gasteiger partial charge in [-0.05, 0) is 39.4 Å². The molecule has 0 spiro atoms. The van der Waals surface area contributed by atoms with Crippen LogP contribution >= 0.6 is 0 Å². The minimum atomic E-state index is -0.711. The first-order valence-corrected chi connectivity index (χ1v) is 20.5. The van der Waals surface area contributed by atoms with Crippen molar-refractivity contribution in [1.82, 2.24) is 4.90 Å². The van der Waals surface area contributed by atoms with Crippen LogP contribution in [0.1, 0.15) is 239 Å². The number of aliphatic carboxylic acids is 1. The summed E-state index contributed by atoms with van der Waals surface area (Å²) in [5, 5.41) is 7.91. The van der Waals surface area contributed by atoms with Gasteiger partial charge in [0.25, 0.3) is 0 Å². The number of unbranched alkanes of at least 4 members (excludes halogenated alkanes) is 30. The number of rotatable bonds is 36. The Morgan fingerprint density at radius 1 is 0.364 bits per heavy atom. The molecule has 0 unspecified atom stereocenters. The van der Waals surface area contributed by atoms with Gasteiger partial charge in [0.2, 0.25) is 0 Å². The van der Waals surface area contributed by atoms with E-state index in [0.717, 1.165) is 6.42 Å². The maximum atomic E-state index is 9.60. The molecule has 0 radical (unpaired) electrons. The first-order chi connectivity index (χ1) is 21.6. The summed E-state index contributed by atoms with van der Waals surface area (Å²) < 4.78 is 0. The van der Waals surface area contributed by atoms with Crippen LogP contribution in [0.15, 0.2) is 0 Å². The highest BCUT2D eigenvalue weighted by Crippen LogP contribution is 2.15. The Morgan fingerprint density at radius 2 is 0.568 bits per heavy atom. The van der Waals surface area contributed by atoms with Crippen molar-refractivity contribution < 1.29 is 9.90 Å². The van der Waals surface area contributed by atoms with Crippen LogP contribution < -0.4 is 0 Å². The van der Waals surface area contributed by atoms with Crippen LogP contribution in [0.2, 0.25) is 0 Å². The van der Waals surface area contributed by atoms with Crippen LogP contribution in [0.5, 0.6) is 0 Å². The number of nitrogens with zero attached hydrogens (tertiary/aromatic N) is 1. The predicted octanol–water partition coefficient (Wildman–Crippen LogP) is 14.3. The summed E-state index contributed by atoms with van der Waals surface area (Å²) in [6.07, 6.45) is 47.8. The second-order valence-electron chi connectivity index (χ2n) is 14.1. The normalized spacial score (nSPS) is 11.2. The second kappa shape index (κ2) is 42.4. The highest BCUT2D eigenvalue weighted by molar-refractivity contribution is 5.66. The fourth-order valence-corrected chi connectivity index (χ4v) is 6.19. The zero-order chi connectivity index (χ0) is 32.6. The third-order valence-corrected chi connectivity index (χ3v) is 9.25. The molecule has 0 aliphatic rings. The topological polar surface area (TPSA) is 40.5 Å². The van der Waals surface area contributed by atoms with Crippen molar-refractivity contribution in [3.63, 3.8) is 0 Å². The summed E-state index contributed by atoms with van der Waals surface area (Å²) in [6.45, 7) is 9.09. The third-order valence-electron chi connectivity index (χ3n) is 9.25. The van der Waals surface area contributed by atoms with Gasteiger partial charge in [0.1, 0.15) is 0 Å². The highest BCUT2D eigenvalue weighted by atomic mass is 16.4. The molecule has 0 saturated heterocycles. The molecule has 44 heavy (non-hydrogen) atoms. The maximum absolute atomic E-state index is 9.60. The maximum Gasteiger partial charge on any atom is 0.303 e. The summed E-state index contributed by atoms with van der Waals surface area (Å²) in [5.41, 5.74) is 0. The zero-order valence-corrected chi connectivity index (χ0v) is 31.3. The lowest BCUT2D eigenvalue weighted by Crippen LogP contribution is -2.20. The van der Waals surface area contributed by atoms with Gasteiger partial charge < -0.3 is 10.0 Å². The third kappa shape index (κ3) is 45.9. The quantitative estimate of drug-likeness (QED) is 0.0706. The van der Waals surface area contributed by atoms with E-state index in [4.69, 9.17) is 5.11 Å². The van der Waals surface area contributed by atoms with Crippen LogP contribution in [-0.2, 0) is 4.79 Å². The number of hydrogen-bond acceptors (Lipinski definition) is 2. The lowest BCUT2D eigenvalue weighted by atomic mass is 10.0. The predicted molar refractivity (Wildman–Crippen MR) is 199 cm³/mol. The van der Waals surface area contributed by atoms with Crippen molar-refractivity contribution in [3.8, 4) is 0 Å². The number of carboxylic acid groups (broad SMARTS) is 1. The van der Waals surface area contributed by atoms with Gasteiger partial charge in [-0.2, -0.15) is 0 Å². The number of hydrogen-bond donors (Lipinski definition) is 1. The molecule has 0 aliphatic carbocycles. The Morgan fingerprint density at radius 3 is 0.727 bits per heavy atom. The standard InChI is InChI=1S/C37H77N.C4H8O2/c1-4-6-8-10-12-14-16-18-20-22-24-26-28-30-32-34-36-38(3)37-35-33-31-29-27-25-23-21-19-17-15-13-11-9-7-5-2;1-2-3-4(5)6/h4-37H2,1-3H3;2-3H2,1H3,(H,5,6). The summed E-state index contributed by atoms with van der Waals surface area (Å²) in [5.74, 6) is -0.711. The van der Waals surface area contributed by atoms with E-state index in [1.54, 1.807) is 0 Å². The largest absolute Gasteiger partial charge is 0.481 e. The molecule has 0 saturated carbocycles. The fraction of sp³-hybridized carbons (Fsp3) is 0.976. The van der Waals surface area contributed by atoms with E-state index in [9.17, 15) is 4.79 Å². The average molecular weight is 624 g/mol. The van der Waals surface area contributed by atoms with Crippen molar-refractivity contribution in [2.75, 3.05) is 20.1 Å².